The lowest BCUT2D eigenvalue weighted by molar-refractivity contribution is -0.145. The number of carbonyl (C=O) groups excluding carboxylic acids is 5. The van der Waals surface area contributed by atoms with Gasteiger partial charge in [0, 0.05) is 37.1 Å². The molecule has 1 aromatic heterocycles. The van der Waals surface area contributed by atoms with Crippen LogP contribution in [-0.4, -0.2) is 76.7 Å². The molecule has 1 aromatic rings. The van der Waals surface area contributed by atoms with E-state index in [1.54, 1.807) is 11.1 Å². The van der Waals surface area contributed by atoms with Crippen molar-refractivity contribution in [3.63, 3.8) is 0 Å². The Hall–Kier alpha value is -3.28. The molecule has 0 aromatic carbocycles. The molecule has 2 aliphatic rings. The fraction of sp³-hybridized carbons (Fsp3) is 0.688. The van der Waals surface area contributed by atoms with E-state index >= 15 is 0 Å². The first-order chi connectivity index (χ1) is 20.5. The third-order valence-corrected chi connectivity index (χ3v) is 9.79. The highest BCUT2D eigenvalue weighted by Gasteiger charge is 2.69. The van der Waals surface area contributed by atoms with Crippen LogP contribution in [0.2, 0.25) is 0 Å². The number of hydrogen-bond donors (Lipinski definition) is 4. The fourth-order valence-electron chi connectivity index (χ4n) is 6.19. The third-order valence-electron chi connectivity index (χ3n) is 8.99. The molecule has 6 atom stereocenters. The second kappa shape index (κ2) is 14.2. The predicted octanol–water partition coefficient (Wildman–Crippen LogP) is 3.06. The molecule has 244 valence electrons. The average molecular weight is 631 g/mol. The number of nitrogens with zero attached hydrogens (tertiary/aromatic N) is 2. The lowest BCUT2D eigenvalue weighted by Crippen LogP contribution is -2.62. The summed E-state index contributed by atoms with van der Waals surface area (Å²) in [6.45, 7) is 19.7. The lowest BCUT2D eigenvalue weighted by Gasteiger charge is -2.38. The Kier molecular flexibility index (Phi) is 11.4. The highest BCUT2D eigenvalue weighted by Crippen LogP contribution is 2.65. The first kappa shape index (κ1) is 35.2. The van der Waals surface area contributed by atoms with Crippen molar-refractivity contribution < 1.29 is 24.0 Å². The molecule has 12 heteroatoms. The first-order valence-electron chi connectivity index (χ1n) is 15.5. The molecular formula is C32H50N6O5S. The maximum atomic E-state index is 14.2. The van der Waals surface area contributed by atoms with Gasteiger partial charge in [0.05, 0.1) is 11.0 Å². The van der Waals surface area contributed by atoms with Crippen LogP contribution in [0, 0.1) is 28.6 Å². The number of fused-ring (bicyclic) bond motifs is 1. The molecule has 0 radical (unpaired) electrons. The van der Waals surface area contributed by atoms with Crippen LogP contribution in [0.5, 0.6) is 0 Å². The SMILES string of the molecule is C=CCNC(=O)C(=O)C(CCC)NC(=O)[C@@H]1[C@@H]2[C@H](CN1C(=O)[C@@H](NC(=O)N[C@H](Cc1nccs1)C(C)C)C(C)(C)C)C2(C)C. The molecule has 1 unspecified atom stereocenters. The third kappa shape index (κ3) is 8.05. The minimum atomic E-state index is -1.01. The van der Waals surface area contributed by atoms with Crippen molar-refractivity contribution in [2.24, 2.45) is 28.6 Å². The Balaban J connectivity index is 1.80. The number of Topliss-reactive ketones (excluding diaryl/α,β-unsaturated/α-hetero) is 1. The summed E-state index contributed by atoms with van der Waals surface area (Å²) in [6.07, 6.45) is 4.64. The molecule has 44 heavy (non-hydrogen) atoms. The molecule has 2 heterocycles. The summed E-state index contributed by atoms with van der Waals surface area (Å²) in [4.78, 5) is 72.6. The van der Waals surface area contributed by atoms with Gasteiger partial charge in [0.1, 0.15) is 12.1 Å². The van der Waals surface area contributed by atoms with Gasteiger partial charge in [0.2, 0.25) is 17.6 Å². The van der Waals surface area contributed by atoms with Crippen LogP contribution in [0.15, 0.2) is 24.2 Å². The summed E-state index contributed by atoms with van der Waals surface area (Å²) in [5.41, 5.74) is -0.822. The van der Waals surface area contributed by atoms with Gasteiger partial charge >= 0.3 is 6.03 Å². The van der Waals surface area contributed by atoms with Crippen molar-refractivity contribution >= 4 is 40.9 Å². The van der Waals surface area contributed by atoms with Crippen molar-refractivity contribution in [3.05, 3.63) is 29.2 Å². The number of nitrogens with one attached hydrogen (secondary N) is 4. The van der Waals surface area contributed by atoms with Crippen molar-refractivity contribution in [1.29, 1.82) is 0 Å². The van der Waals surface area contributed by atoms with E-state index in [4.69, 9.17) is 0 Å². The summed E-state index contributed by atoms with van der Waals surface area (Å²) in [7, 11) is 0. The average Bonchev–Trinajstić information content (AvgIpc) is 3.37. The number of rotatable bonds is 14. The molecule has 5 amide bonds. The Morgan fingerprint density at radius 3 is 2.39 bits per heavy atom. The van der Waals surface area contributed by atoms with E-state index in [9.17, 15) is 24.0 Å². The number of ketones is 1. The largest absolute Gasteiger partial charge is 0.346 e. The van der Waals surface area contributed by atoms with Gasteiger partial charge in [0.25, 0.3) is 5.91 Å². The normalized spacial score (nSPS) is 22.3. The Bertz CT molecular complexity index is 1220. The van der Waals surface area contributed by atoms with Gasteiger partial charge in [-0.25, -0.2) is 9.78 Å². The quantitative estimate of drug-likeness (QED) is 0.183. The number of likely N-dealkylation sites (tertiary alicyclic amines) is 1. The van der Waals surface area contributed by atoms with Gasteiger partial charge in [-0.2, -0.15) is 0 Å². The lowest BCUT2D eigenvalue weighted by atomic mass is 9.85. The number of hydrogen-bond acceptors (Lipinski definition) is 7. The monoisotopic (exact) mass is 630 g/mol. The van der Waals surface area contributed by atoms with Crippen LogP contribution < -0.4 is 21.3 Å². The Morgan fingerprint density at radius 2 is 1.84 bits per heavy atom. The maximum absolute atomic E-state index is 14.2. The van der Waals surface area contributed by atoms with Crippen LogP contribution in [0.4, 0.5) is 4.79 Å². The number of piperidine rings is 1. The Labute approximate surface area is 265 Å². The van der Waals surface area contributed by atoms with E-state index in [2.05, 4.69) is 46.7 Å². The van der Waals surface area contributed by atoms with Gasteiger partial charge in [0.15, 0.2) is 0 Å². The van der Waals surface area contributed by atoms with Crippen molar-refractivity contribution in [2.45, 2.75) is 98.8 Å². The summed E-state index contributed by atoms with van der Waals surface area (Å²) in [5.74, 6) is -2.18. The maximum Gasteiger partial charge on any atom is 0.315 e. The smallest absolute Gasteiger partial charge is 0.315 e. The second-order valence-corrected chi connectivity index (χ2v) is 15.0. The zero-order valence-corrected chi connectivity index (χ0v) is 28.2. The summed E-state index contributed by atoms with van der Waals surface area (Å²) in [5, 5.41) is 14.0. The highest BCUT2D eigenvalue weighted by atomic mass is 32.1. The van der Waals surface area contributed by atoms with Gasteiger partial charge < -0.3 is 26.2 Å². The molecule has 4 N–H and O–H groups in total. The summed E-state index contributed by atoms with van der Waals surface area (Å²) in [6, 6.07) is -3.40. The molecule has 1 saturated heterocycles. The second-order valence-electron chi connectivity index (χ2n) is 14.0. The molecule has 1 aliphatic heterocycles. The van der Waals surface area contributed by atoms with E-state index in [-0.39, 0.29) is 48.1 Å². The summed E-state index contributed by atoms with van der Waals surface area (Å²) < 4.78 is 0. The molecule has 0 bridgehead atoms. The molecule has 1 aliphatic carbocycles. The van der Waals surface area contributed by atoms with Crippen LogP contribution in [0.3, 0.4) is 0 Å². The van der Waals surface area contributed by atoms with E-state index in [0.717, 1.165) is 5.01 Å². The number of urea groups is 1. The standard InChI is InChI=1S/C32H50N6O5S/c1-10-12-20(25(39)28(41)34-13-11-2)35-27(40)24-23-19(32(23,8)9)17-38(24)29(42)26(31(5,6)7)37-30(43)36-21(18(3)4)16-22-33-14-15-44-22/h11,14-15,18-21,23-24,26H,2,10,12-13,16-17H2,1,3-9H3,(H,34,41)(H,35,40)(H2,36,37,43)/t19-,20?,21+,23-,24-,26+/m0/s1. The number of aromatic nitrogens is 1. The summed E-state index contributed by atoms with van der Waals surface area (Å²) >= 11 is 1.53. The van der Waals surface area contributed by atoms with E-state index in [1.165, 1.54) is 17.4 Å². The zero-order valence-electron chi connectivity index (χ0n) is 27.4. The zero-order chi connectivity index (χ0) is 33.0. The minimum absolute atomic E-state index is 0.100. The van der Waals surface area contributed by atoms with E-state index < -0.39 is 47.2 Å². The molecule has 3 rings (SSSR count). The van der Waals surface area contributed by atoms with Gasteiger partial charge in [-0.05, 0) is 35.0 Å². The molecule has 2 fully saturated rings. The molecule has 11 nitrogen and oxygen atoms in total. The topological polar surface area (TPSA) is 150 Å². The predicted molar refractivity (Wildman–Crippen MR) is 171 cm³/mol. The van der Waals surface area contributed by atoms with Crippen molar-refractivity contribution in [1.82, 2.24) is 31.2 Å². The number of amides is 5. The van der Waals surface area contributed by atoms with Crippen molar-refractivity contribution in [3.8, 4) is 0 Å². The molecule has 1 saturated carbocycles. The van der Waals surface area contributed by atoms with Gasteiger partial charge in [-0.15, -0.1) is 17.9 Å². The minimum Gasteiger partial charge on any atom is -0.346 e. The Morgan fingerprint density at radius 1 is 1.16 bits per heavy atom. The van der Waals surface area contributed by atoms with E-state index in [1.807, 2.05) is 46.9 Å². The van der Waals surface area contributed by atoms with Crippen LogP contribution >= 0.6 is 11.3 Å². The fourth-order valence-corrected chi connectivity index (χ4v) is 6.87. The van der Waals surface area contributed by atoms with Gasteiger partial charge in [-0.3, -0.25) is 19.2 Å². The van der Waals surface area contributed by atoms with E-state index in [0.29, 0.717) is 19.4 Å². The van der Waals surface area contributed by atoms with Gasteiger partial charge in [-0.1, -0.05) is 67.9 Å². The van der Waals surface area contributed by atoms with Crippen LogP contribution in [0.25, 0.3) is 0 Å². The molecular weight excluding hydrogens is 580 g/mol. The molecule has 0 spiro atoms. The highest BCUT2D eigenvalue weighted by molar-refractivity contribution is 7.09. The van der Waals surface area contributed by atoms with Crippen LogP contribution in [0.1, 0.15) is 73.2 Å². The van der Waals surface area contributed by atoms with Crippen LogP contribution in [-0.2, 0) is 25.6 Å². The van der Waals surface area contributed by atoms with Crippen molar-refractivity contribution in [2.75, 3.05) is 13.1 Å². The number of carbonyl (C=O) groups is 5. The number of thiazole rings is 1. The first-order valence-corrected chi connectivity index (χ1v) is 16.4.